The molecule has 1 N–H and O–H groups in total. The van der Waals surface area contributed by atoms with E-state index in [-0.39, 0.29) is 25.2 Å². The molecule has 0 spiro atoms. The Balaban J connectivity index is 3.62. The van der Waals surface area contributed by atoms with Crippen LogP contribution in [0.4, 0.5) is 0 Å². The number of hydrogen-bond acceptors (Lipinski definition) is 5. The number of aliphatic hydroxyl groups is 1. The van der Waals surface area contributed by atoms with Crippen LogP contribution >= 0.6 is 0 Å². The van der Waals surface area contributed by atoms with Crippen LogP contribution in [0, 0.1) is 0 Å². The summed E-state index contributed by atoms with van der Waals surface area (Å²) in [7, 11) is 0. The van der Waals surface area contributed by atoms with Crippen molar-refractivity contribution in [1.82, 2.24) is 0 Å². The van der Waals surface area contributed by atoms with Crippen molar-refractivity contribution in [2.75, 3.05) is 13.2 Å². The van der Waals surface area contributed by atoms with Gasteiger partial charge in [-0.25, -0.2) is 0 Å². The minimum absolute atomic E-state index is 0.0759. The molecule has 42 heavy (non-hydrogen) atoms. The van der Waals surface area contributed by atoms with Gasteiger partial charge in [-0.05, 0) is 70.6 Å². The van der Waals surface area contributed by atoms with E-state index in [1.54, 1.807) is 0 Å². The van der Waals surface area contributed by atoms with Gasteiger partial charge in [0.25, 0.3) is 0 Å². The summed E-state index contributed by atoms with van der Waals surface area (Å²) < 4.78 is 10.5. The van der Waals surface area contributed by atoms with E-state index in [0.717, 1.165) is 57.8 Å². The Hall–Kier alpha value is -1.88. The number of allylic oxidation sites excluding steroid dienone is 6. The average Bonchev–Trinajstić information content (AvgIpc) is 2.99. The highest BCUT2D eigenvalue weighted by atomic mass is 16.6. The van der Waals surface area contributed by atoms with Crippen molar-refractivity contribution >= 4 is 11.9 Å². The van der Waals surface area contributed by atoms with Crippen LogP contribution in [0.1, 0.15) is 168 Å². The van der Waals surface area contributed by atoms with Gasteiger partial charge in [0.2, 0.25) is 0 Å². The summed E-state index contributed by atoms with van der Waals surface area (Å²) in [5, 5.41) is 9.51. The molecular weight excluding hydrogens is 524 g/mol. The molecule has 0 heterocycles. The molecule has 5 heteroatoms. The first-order valence-electron chi connectivity index (χ1n) is 17.5. The van der Waals surface area contributed by atoms with Gasteiger partial charge >= 0.3 is 11.9 Å². The standard InChI is InChI=1S/C37H66O5/c1-3-5-7-9-11-13-15-17-18-20-21-23-25-27-29-31-36(39)41-34-35(33-38)42-37(40)32-30-28-26-24-22-19-16-14-12-10-8-6-4-2/h11,13-14,16-18,35,38H,3-10,12,15,19-34H2,1-2H3/b13-11+,16-14+,18-17+/t35-/m0/s1. The normalized spacial score (nSPS) is 12.5. The molecule has 1 atom stereocenters. The molecule has 5 nitrogen and oxygen atoms in total. The van der Waals surface area contributed by atoms with Gasteiger partial charge in [0.05, 0.1) is 6.61 Å². The van der Waals surface area contributed by atoms with E-state index in [1.165, 1.54) is 83.5 Å². The molecule has 0 aliphatic heterocycles. The van der Waals surface area contributed by atoms with E-state index in [1.807, 2.05) is 0 Å². The fourth-order valence-corrected chi connectivity index (χ4v) is 4.69. The largest absolute Gasteiger partial charge is 0.462 e. The highest BCUT2D eigenvalue weighted by Crippen LogP contribution is 2.11. The second kappa shape index (κ2) is 33.6. The molecule has 0 aromatic heterocycles. The van der Waals surface area contributed by atoms with Crippen molar-refractivity contribution in [2.24, 2.45) is 0 Å². The van der Waals surface area contributed by atoms with Gasteiger partial charge in [-0.1, -0.05) is 121 Å². The number of ether oxygens (including phenoxy) is 2. The van der Waals surface area contributed by atoms with E-state index in [0.29, 0.717) is 12.8 Å². The van der Waals surface area contributed by atoms with Crippen molar-refractivity contribution in [3.05, 3.63) is 36.5 Å². The van der Waals surface area contributed by atoms with Gasteiger partial charge in [0.1, 0.15) is 6.61 Å². The summed E-state index contributed by atoms with van der Waals surface area (Å²) in [6.45, 7) is 4.06. The molecule has 0 aromatic carbocycles. The monoisotopic (exact) mass is 590 g/mol. The summed E-state index contributed by atoms with van der Waals surface area (Å²) in [6.07, 6.45) is 39.0. The van der Waals surface area contributed by atoms with Crippen molar-refractivity contribution in [2.45, 2.75) is 174 Å². The molecular formula is C37H66O5. The number of unbranched alkanes of at least 4 members (excludes halogenated alkanes) is 17. The predicted molar refractivity (Wildman–Crippen MR) is 178 cm³/mol. The zero-order chi connectivity index (χ0) is 30.8. The maximum atomic E-state index is 12.1. The molecule has 0 amide bonds. The summed E-state index contributed by atoms with van der Waals surface area (Å²) in [4.78, 5) is 24.1. The third kappa shape index (κ3) is 31.1. The highest BCUT2D eigenvalue weighted by molar-refractivity contribution is 5.70. The van der Waals surface area contributed by atoms with E-state index < -0.39 is 6.10 Å². The van der Waals surface area contributed by atoms with Crippen molar-refractivity contribution in [3.63, 3.8) is 0 Å². The van der Waals surface area contributed by atoms with Gasteiger partial charge in [-0.3, -0.25) is 9.59 Å². The van der Waals surface area contributed by atoms with Crippen molar-refractivity contribution in [1.29, 1.82) is 0 Å². The second-order valence-electron chi connectivity index (χ2n) is 11.6. The molecule has 0 aliphatic carbocycles. The molecule has 0 aromatic rings. The Morgan fingerprint density at radius 1 is 0.548 bits per heavy atom. The first-order chi connectivity index (χ1) is 20.6. The maximum Gasteiger partial charge on any atom is 0.306 e. The third-order valence-corrected chi connectivity index (χ3v) is 7.41. The minimum Gasteiger partial charge on any atom is -0.462 e. The van der Waals surface area contributed by atoms with Crippen LogP contribution in [0.2, 0.25) is 0 Å². The van der Waals surface area contributed by atoms with E-state index in [4.69, 9.17) is 9.47 Å². The van der Waals surface area contributed by atoms with Crippen LogP contribution in [0.3, 0.4) is 0 Å². The summed E-state index contributed by atoms with van der Waals surface area (Å²) in [6, 6.07) is 0. The lowest BCUT2D eigenvalue weighted by atomic mass is 10.1. The molecule has 0 fully saturated rings. The number of carbonyl (C=O) groups is 2. The van der Waals surface area contributed by atoms with Gasteiger partial charge in [-0.15, -0.1) is 0 Å². The lowest BCUT2D eigenvalue weighted by molar-refractivity contribution is -0.161. The van der Waals surface area contributed by atoms with Crippen LogP contribution in [0.15, 0.2) is 36.5 Å². The molecule has 0 rings (SSSR count). The molecule has 0 unspecified atom stereocenters. The van der Waals surface area contributed by atoms with Gasteiger partial charge in [-0.2, -0.15) is 0 Å². The summed E-state index contributed by atoms with van der Waals surface area (Å²) in [5.41, 5.74) is 0. The summed E-state index contributed by atoms with van der Waals surface area (Å²) in [5.74, 6) is -0.619. The molecule has 0 radical (unpaired) electrons. The second-order valence-corrected chi connectivity index (χ2v) is 11.6. The smallest absolute Gasteiger partial charge is 0.306 e. The lowest BCUT2D eigenvalue weighted by Gasteiger charge is -2.15. The first-order valence-corrected chi connectivity index (χ1v) is 17.5. The number of hydrogen-bond donors (Lipinski definition) is 1. The third-order valence-electron chi connectivity index (χ3n) is 7.41. The van der Waals surface area contributed by atoms with Crippen LogP contribution < -0.4 is 0 Å². The van der Waals surface area contributed by atoms with E-state index in [9.17, 15) is 14.7 Å². The van der Waals surface area contributed by atoms with E-state index in [2.05, 4.69) is 50.3 Å². The van der Waals surface area contributed by atoms with Crippen molar-refractivity contribution in [3.8, 4) is 0 Å². The average molecular weight is 591 g/mol. The van der Waals surface area contributed by atoms with Gasteiger partial charge < -0.3 is 14.6 Å². The van der Waals surface area contributed by atoms with Gasteiger partial charge in [0, 0.05) is 12.8 Å². The lowest BCUT2D eigenvalue weighted by Crippen LogP contribution is -2.28. The number of rotatable bonds is 31. The Kier molecular flexibility index (Phi) is 32.1. The fourth-order valence-electron chi connectivity index (χ4n) is 4.69. The fraction of sp³-hybridized carbons (Fsp3) is 0.784. The highest BCUT2D eigenvalue weighted by Gasteiger charge is 2.16. The van der Waals surface area contributed by atoms with Crippen LogP contribution in [0.5, 0.6) is 0 Å². The number of esters is 2. The molecule has 0 bridgehead atoms. The zero-order valence-corrected chi connectivity index (χ0v) is 27.5. The summed E-state index contributed by atoms with van der Waals surface area (Å²) >= 11 is 0. The molecule has 244 valence electrons. The van der Waals surface area contributed by atoms with Gasteiger partial charge in [0.15, 0.2) is 6.10 Å². The molecule has 0 aliphatic rings. The van der Waals surface area contributed by atoms with Crippen molar-refractivity contribution < 1.29 is 24.2 Å². The molecule has 0 saturated heterocycles. The Labute approximate surface area is 259 Å². The first kappa shape index (κ1) is 40.1. The predicted octanol–water partition coefficient (Wildman–Crippen LogP) is 10.5. The van der Waals surface area contributed by atoms with Crippen LogP contribution in [0.25, 0.3) is 0 Å². The maximum absolute atomic E-state index is 12.1. The molecule has 0 saturated carbocycles. The minimum atomic E-state index is -0.778. The Morgan fingerprint density at radius 3 is 1.48 bits per heavy atom. The van der Waals surface area contributed by atoms with E-state index >= 15 is 0 Å². The zero-order valence-electron chi connectivity index (χ0n) is 27.5. The Bertz CT molecular complexity index is 682. The Morgan fingerprint density at radius 2 is 0.952 bits per heavy atom. The van der Waals surface area contributed by atoms with Crippen LogP contribution in [-0.2, 0) is 19.1 Å². The number of carbonyl (C=O) groups excluding carboxylic acids is 2. The number of aliphatic hydroxyl groups excluding tert-OH is 1. The SMILES string of the molecule is CCCCC/C=C/C/C=C/CCCCCCCC(=O)OC[C@H](CO)OC(=O)CCCCCCC/C=C/CCCCCC. The quantitative estimate of drug-likeness (QED) is 0.0494. The van der Waals surface area contributed by atoms with Crippen LogP contribution in [-0.4, -0.2) is 36.4 Å². The topological polar surface area (TPSA) is 72.8 Å².